The van der Waals surface area contributed by atoms with Crippen LogP contribution in [0.3, 0.4) is 0 Å². The summed E-state index contributed by atoms with van der Waals surface area (Å²) in [5, 5.41) is 0. The lowest BCUT2D eigenvalue weighted by Crippen LogP contribution is -2.17. The van der Waals surface area contributed by atoms with Gasteiger partial charge in [0.15, 0.2) is 0 Å². The highest BCUT2D eigenvalue weighted by molar-refractivity contribution is 9.10. The standard InChI is InChI=1S/C13H16BrClN2O/c1-9(18-2)8-17-12-7-10(14)3-4-11(12)16-13(17)5-6-15/h3-4,7,9H,5-6,8H2,1-2H3. The Kier molecular flexibility index (Phi) is 4.65. The molecule has 3 nitrogen and oxygen atoms in total. The minimum atomic E-state index is 0.149. The molecule has 0 N–H and O–H groups in total. The number of aryl methyl sites for hydroxylation is 1. The molecule has 0 aliphatic carbocycles. The summed E-state index contributed by atoms with van der Waals surface area (Å²) in [6, 6.07) is 6.11. The number of fused-ring (bicyclic) bond motifs is 1. The zero-order chi connectivity index (χ0) is 13.1. The predicted molar refractivity (Wildman–Crippen MR) is 78.3 cm³/mol. The van der Waals surface area contributed by atoms with Crippen molar-refractivity contribution in [2.75, 3.05) is 13.0 Å². The topological polar surface area (TPSA) is 27.1 Å². The highest BCUT2D eigenvalue weighted by Crippen LogP contribution is 2.22. The number of aromatic nitrogens is 2. The summed E-state index contributed by atoms with van der Waals surface area (Å²) in [7, 11) is 1.72. The van der Waals surface area contributed by atoms with Gasteiger partial charge in [0.2, 0.25) is 0 Å². The van der Waals surface area contributed by atoms with Crippen molar-refractivity contribution in [3.05, 3.63) is 28.5 Å². The van der Waals surface area contributed by atoms with E-state index in [-0.39, 0.29) is 6.10 Å². The van der Waals surface area contributed by atoms with Crippen LogP contribution < -0.4 is 0 Å². The Balaban J connectivity index is 2.49. The van der Waals surface area contributed by atoms with Crippen LogP contribution in [0.4, 0.5) is 0 Å². The van der Waals surface area contributed by atoms with Crippen LogP contribution in [0.1, 0.15) is 12.7 Å². The molecule has 0 amide bonds. The highest BCUT2D eigenvalue weighted by Gasteiger charge is 2.13. The number of hydrogen-bond donors (Lipinski definition) is 0. The molecule has 2 aromatic rings. The zero-order valence-electron chi connectivity index (χ0n) is 10.5. The minimum absolute atomic E-state index is 0.149. The zero-order valence-corrected chi connectivity index (χ0v) is 12.8. The van der Waals surface area contributed by atoms with Gasteiger partial charge in [0, 0.05) is 23.9 Å². The Bertz CT molecular complexity index is 541. The largest absolute Gasteiger partial charge is 0.380 e. The number of alkyl halides is 1. The lowest BCUT2D eigenvalue weighted by atomic mass is 10.3. The first-order chi connectivity index (χ1) is 8.65. The molecule has 0 spiro atoms. The molecule has 98 valence electrons. The second-order valence-electron chi connectivity index (χ2n) is 4.26. The monoisotopic (exact) mass is 330 g/mol. The van der Waals surface area contributed by atoms with Crippen LogP contribution in [0.5, 0.6) is 0 Å². The van der Waals surface area contributed by atoms with Gasteiger partial charge in [0.1, 0.15) is 5.82 Å². The van der Waals surface area contributed by atoms with Gasteiger partial charge >= 0.3 is 0 Å². The molecule has 1 aromatic carbocycles. The summed E-state index contributed by atoms with van der Waals surface area (Å²) in [6.07, 6.45) is 0.917. The number of rotatable bonds is 5. The van der Waals surface area contributed by atoms with Gasteiger partial charge < -0.3 is 9.30 Å². The van der Waals surface area contributed by atoms with E-state index in [1.165, 1.54) is 0 Å². The summed E-state index contributed by atoms with van der Waals surface area (Å²) in [6.45, 7) is 2.84. The molecule has 1 atom stereocenters. The van der Waals surface area contributed by atoms with E-state index < -0.39 is 0 Å². The van der Waals surface area contributed by atoms with Gasteiger partial charge in [-0.15, -0.1) is 11.6 Å². The van der Waals surface area contributed by atoms with Gasteiger partial charge in [0.05, 0.1) is 23.7 Å². The number of nitrogens with zero attached hydrogens (tertiary/aromatic N) is 2. The van der Waals surface area contributed by atoms with Crippen molar-refractivity contribution in [1.82, 2.24) is 9.55 Å². The molecule has 0 aliphatic heterocycles. The Morgan fingerprint density at radius 2 is 2.28 bits per heavy atom. The van der Waals surface area contributed by atoms with Crippen molar-refractivity contribution < 1.29 is 4.74 Å². The third-order valence-corrected chi connectivity index (χ3v) is 3.63. The molecule has 0 saturated heterocycles. The molecule has 2 rings (SSSR count). The first kappa shape index (κ1) is 13.8. The Labute approximate surface area is 120 Å². The Morgan fingerprint density at radius 3 is 2.94 bits per heavy atom. The summed E-state index contributed by atoms with van der Waals surface area (Å²) in [5.41, 5.74) is 2.12. The average Bonchev–Trinajstić information content (AvgIpc) is 2.68. The van der Waals surface area contributed by atoms with Crippen LogP contribution in [0, 0.1) is 0 Å². The van der Waals surface area contributed by atoms with Crippen molar-refractivity contribution in [2.24, 2.45) is 0 Å². The summed E-state index contributed by atoms with van der Waals surface area (Å²) in [4.78, 5) is 4.63. The smallest absolute Gasteiger partial charge is 0.111 e. The van der Waals surface area contributed by atoms with Crippen molar-refractivity contribution in [2.45, 2.75) is 26.0 Å². The van der Waals surface area contributed by atoms with E-state index in [0.717, 1.165) is 34.3 Å². The van der Waals surface area contributed by atoms with Crippen LogP contribution in [-0.4, -0.2) is 28.6 Å². The average molecular weight is 332 g/mol. The van der Waals surface area contributed by atoms with Crippen molar-refractivity contribution >= 4 is 38.6 Å². The number of benzene rings is 1. The molecule has 0 aliphatic rings. The fourth-order valence-corrected chi connectivity index (χ4v) is 2.47. The van der Waals surface area contributed by atoms with Gasteiger partial charge in [-0.1, -0.05) is 15.9 Å². The number of hydrogen-bond acceptors (Lipinski definition) is 2. The first-order valence-electron chi connectivity index (χ1n) is 5.89. The van der Waals surface area contributed by atoms with E-state index in [0.29, 0.717) is 5.88 Å². The normalized spacial score (nSPS) is 13.1. The Morgan fingerprint density at radius 1 is 1.50 bits per heavy atom. The van der Waals surface area contributed by atoms with E-state index >= 15 is 0 Å². The highest BCUT2D eigenvalue weighted by atomic mass is 79.9. The molecule has 0 radical (unpaired) electrons. The maximum absolute atomic E-state index is 5.84. The number of imidazole rings is 1. The molecule has 18 heavy (non-hydrogen) atoms. The van der Waals surface area contributed by atoms with E-state index in [4.69, 9.17) is 16.3 Å². The van der Waals surface area contributed by atoms with E-state index in [9.17, 15) is 0 Å². The van der Waals surface area contributed by atoms with Crippen LogP contribution in [0.2, 0.25) is 0 Å². The lowest BCUT2D eigenvalue weighted by Gasteiger charge is -2.13. The minimum Gasteiger partial charge on any atom is -0.380 e. The molecule has 1 unspecified atom stereocenters. The molecule has 1 heterocycles. The van der Waals surface area contributed by atoms with Crippen LogP contribution in [0.15, 0.2) is 22.7 Å². The third-order valence-electron chi connectivity index (χ3n) is 2.95. The van der Waals surface area contributed by atoms with Crippen molar-refractivity contribution in [1.29, 1.82) is 0 Å². The van der Waals surface area contributed by atoms with E-state index in [2.05, 4.69) is 31.5 Å². The number of ether oxygens (including phenoxy) is 1. The fourth-order valence-electron chi connectivity index (χ4n) is 1.96. The van der Waals surface area contributed by atoms with E-state index in [1.807, 2.05) is 19.1 Å². The predicted octanol–water partition coefficient (Wildman–Crippen LogP) is 3.62. The number of halogens is 2. The summed E-state index contributed by atoms with van der Waals surface area (Å²) < 4.78 is 8.59. The molecule has 0 saturated carbocycles. The van der Waals surface area contributed by atoms with Crippen molar-refractivity contribution in [3.63, 3.8) is 0 Å². The SMILES string of the molecule is COC(C)Cn1c(CCCl)nc2ccc(Br)cc21. The van der Waals surface area contributed by atoms with Crippen LogP contribution in [0.25, 0.3) is 11.0 Å². The lowest BCUT2D eigenvalue weighted by molar-refractivity contribution is 0.103. The summed E-state index contributed by atoms with van der Waals surface area (Å²) in [5.74, 6) is 1.59. The molecule has 1 aromatic heterocycles. The van der Waals surface area contributed by atoms with Crippen LogP contribution >= 0.6 is 27.5 Å². The molecule has 5 heteroatoms. The van der Waals surface area contributed by atoms with Crippen molar-refractivity contribution in [3.8, 4) is 0 Å². The molecular weight excluding hydrogens is 316 g/mol. The fraction of sp³-hybridized carbons (Fsp3) is 0.462. The van der Waals surface area contributed by atoms with E-state index in [1.54, 1.807) is 7.11 Å². The maximum Gasteiger partial charge on any atom is 0.111 e. The molecule has 0 bridgehead atoms. The van der Waals surface area contributed by atoms with Gasteiger partial charge in [-0.25, -0.2) is 4.98 Å². The third kappa shape index (κ3) is 2.87. The van der Waals surface area contributed by atoms with Gasteiger partial charge in [0.25, 0.3) is 0 Å². The van der Waals surface area contributed by atoms with Crippen LogP contribution in [-0.2, 0) is 17.7 Å². The first-order valence-corrected chi connectivity index (χ1v) is 7.22. The maximum atomic E-state index is 5.84. The second-order valence-corrected chi connectivity index (χ2v) is 5.55. The second kappa shape index (κ2) is 6.04. The molecular formula is C13H16BrClN2O. The van der Waals surface area contributed by atoms with Gasteiger partial charge in [-0.3, -0.25) is 0 Å². The quantitative estimate of drug-likeness (QED) is 0.783. The van der Waals surface area contributed by atoms with Gasteiger partial charge in [-0.2, -0.15) is 0 Å². The Hall–Kier alpha value is -0.580. The molecule has 0 fully saturated rings. The van der Waals surface area contributed by atoms with Gasteiger partial charge in [-0.05, 0) is 25.1 Å². The summed E-state index contributed by atoms with van der Waals surface area (Å²) >= 11 is 9.34. The number of methoxy groups -OCH3 is 1.